The lowest BCUT2D eigenvalue weighted by atomic mass is 9.63. The molecule has 1 fully saturated rings. The Morgan fingerprint density at radius 2 is 1.95 bits per heavy atom. The van der Waals surface area contributed by atoms with Gasteiger partial charge in [0.2, 0.25) is 0 Å². The monoisotopic (exact) mass is 282 g/mol. The van der Waals surface area contributed by atoms with Gasteiger partial charge in [-0.2, -0.15) is 4.37 Å². The number of amides is 1. The first-order chi connectivity index (χ1) is 8.69. The summed E-state index contributed by atoms with van der Waals surface area (Å²) in [6, 6.07) is 0.146. The molecule has 19 heavy (non-hydrogen) atoms. The minimum absolute atomic E-state index is 0.0307. The van der Waals surface area contributed by atoms with Gasteiger partial charge in [-0.3, -0.25) is 4.79 Å². The van der Waals surface area contributed by atoms with Crippen LogP contribution in [0.3, 0.4) is 0 Å². The fourth-order valence-corrected chi connectivity index (χ4v) is 4.14. The number of hydrogen-bond donors (Lipinski definition) is 2. The Balaban J connectivity index is 2.07. The van der Waals surface area contributed by atoms with Crippen molar-refractivity contribution in [3.63, 3.8) is 0 Å². The number of aromatic nitrogens is 1. The fraction of sp³-hybridized carbons (Fsp3) is 0.714. The van der Waals surface area contributed by atoms with E-state index in [2.05, 4.69) is 37.4 Å². The van der Waals surface area contributed by atoms with Gasteiger partial charge in [-0.15, -0.1) is 0 Å². The number of carbonyl (C=O) groups is 1. The van der Waals surface area contributed by atoms with E-state index in [9.17, 15) is 9.90 Å². The zero-order valence-electron chi connectivity index (χ0n) is 12.0. The summed E-state index contributed by atoms with van der Waals surface area (Å²) in [6.07, 6.45) is 3.09. The molecule has 2 N–H and O–H groups in total. The summed E-state index contributed by atoms with van der Waals surface area (Å²) in [4.78, 5) is 12.1. The molecular weight excluding hydrogens is 260 g/mol. The quantitative estimate of drug-likeness (QED) is 0.875. The average Bonchev–Trinajstić information content (AvgIpc) is 2.58. The van der Waals surface area contributed by atoms with Crippen molar-refractivity contribution in [3.05, 3.63) is 11.1 Å². The van der Waals surface area contributed by atoms with Crippen molar-refractivity contribution in [1.29, 1.82) is 0 Å². The molecule has 0 spiro atoms. The Kier molecular flexibility index (Phi) is 3.60. The minimum Gasteiger partial charge on any atom is -0.505 e. The molecule has 1 amide bonds. The summed E-state index contributed by atoms with van der Waals surface area (Å²) in [5, 5.41) is 14.0. The lowest BCUT2D eigenvalue weighted by molar-refractivity contribution is 0.0709. The van der Waals surface area contributed by atoms with Crippen LogP contribution < -0.4 is 5.32 Å². The van der Waals surface area contributed by atoms with Crippen molar-refractivity contribution >= 4 is 17.4 Å². The molecule has 0 aliphatic heterocycles. The topological polar surface area (TPSA) is 62.2 Å². The van der Waals surface area contributed by atoms with Gasteiger partial charge in [0.1, 0.15) is 0 Å². The maximum Gasteiger partial charge on any atom is 0.275 e. The lowest BCUT2D eigenvalue weighted by Crippen LogP contribution is -2.46. The molecule has 1 heterocycles. The van der Waals surface area contributed by atoms with E-state index in [-0.39, 0.29) is 34.2 Å². The van der Waals surface area contributed by atoms with E-state index in [0.717, 1.165) is 30.8 Å². The second kappa shape index (κ2) is 4.78. The fourth-order valence-electron chi connectivity index (χ4n) is 3.59. The number of rotatable bonds is 2. The molecule has 1 aliphatic carbocycles. The number of hydrogen-bond acceptors (Lipinski definition) is 4. The molecule has 106 valence electrons. The van der Waals surface area contributed by atoms with E-state index < -0.39 is 0 Å². The predicted molar refractivity (Wildman–Crippen MR) is 76.4 cm³/mol. The highest BCUT2D eigenvalue weighted by atomic mass is 32.1. The Bertz CT molecular complexity index is 464. The van der Waals surface area contributed by atoms with Crippen molar-refractivity contribution in [2.24, 2.45) is 10.8 Å². The number of aromatic hydroxyl groups is 1. The first-order valence-electron chi connectivity index (χ1n) is 6.63. The van der Waals surface area contributed by atoms with Gasteiger partial charge < -0.3 is 10.4 Å². The van der Waals surface area contributed by atoms with E-state index in [1.165, 1.54) is 5.38 Å². The first kappa shape index (κ1) is 14.3. The highest BCUT2D eigenvalue weighted by Crippen LogP contribution is 2.45. The molecule has 0 aromatic carbocycles. The SMILES string of the molecule is CC1(C)CC(NC(=O)c2nscc2O)CC(C)(C)C1. The Hall–Kier alpha value is -1.10. The zero-order valence-corrected chi connectivity index (χ0v) is 12.8. The van der Waals surface area contributed by atoms with Crippen LogP contribution in [-0.2, 0) is 0 Å². The Morgan fingerprint density at radius 1 is 1.37 bits per heavy atom. The van der Waals surface area contributed by atoms with Gasteiger partial charge >= 0.3 is 0 Å². The van der Waals surface area contributed by atoms with Crippen molar-refractivity contribution in [2.75, 3.05) is 0 Å². The predicted octanol–water partition coefficient (Wildman–Crippen LogP) is 3.18. The van der Waals surface area contributed by atoms with Crippen molar-refractivity contribution in [1.82, 2.24) is 9.69 Å². The Labute approximate surface area is 118 Å². The molecule has 1 saturated carbocycles. The summed E-state index contributed by atoms with van der Waals surface area (Å²) in [5.74, 6) is -0.297. The molecule has 0 radical (unpaired) electrons. The van der Waals surface area contributed by atoms with Gasteiger partial charge in [-0.05, 0) is 41.6 Å². The van der Waals surface area contributed by atoms with E-state index >= 15 is 0 Å². The highest BCUT2D eigenvalue weighted by molar-refractivity contribution is 7.04. The van der Waals surface area contributed by atoms with E-state index in [0.29, 0.717) is 0 Å². The van der Waals surface area contributed by atoms with Gasteiger partial charge in [0.15, 0.2) is 11.4 Å². The standard InChI is InChI=1S/C14H22N2O2S/c1-13(2)5-9(6-14(3,4)8-13)15-12(18)11-10(17)7-19-16-11/h7,9,17H,5-6,8H2,1-4H3,(H,15,18). The van der Waals surface area contributed by atoms with Gasteiger partial charge in [0.25, 0.3) is 5.91 Å². The molecule has 1 aliphatic rings. The van der Waals surface area contributed by atoms with E-state index in [1.54, 1.807) is 0 Å². The van der Waals surface area contributed by atoms with Crippen LogP contribution in [0, 0.1) is 10.8 Å². The second-order valence-electron chi connectivity index (χ2n) is 7.13. The third kappa shape index (κ3) is 3.47. The van der Waals surface area contributed by atoms with Crippen LogP contribution in [0.25, 0.3) is 0 Å². The van der Waals surface area contributed by atoms with Gasteiger partial charge in [0, 0.05) is 6.04 Å². The molecule has 0 unspecified atom stereocenters. The van der Waals surface area contributed by atoms with Crippen LogP contribution in [0.2, 0.25) is 0 Å². The maximum atomic E-state index is 12.1. The highest BCUT2D eigenvalue weighted by Gasteiger charge is 2.39. The van der Waals surface area contributed by atoms with Crippen LogP contribution in [0.5, 0.6) is 5.75 Å². The van der Waals surface area contributed by atoms with E-state index in [4.69, 9.17) is 0 Å². The van der Waals surface area contributed by atoms with E-state index in [1.807, 2.05) is 0 Å². The summed E-state index contributed by atoms with van der Waals surface area (Å²) >= 11 is 1.10. The number of nitrogens with one attached hydrogen (secondary N) is 1. The molecule has 5 heteroatoms. The van der Waals surface area contributed by atoms with Crippen LogP contribution in [-0.4, -0.2) is 21.4 Å². The molecule has 1 aromatic heterocycles. The smallest absolute Gasteiger partial charge is 0.275 e. The number of carbonyl (C=O) groups excluding carboxylic acids is 1. The average molecular weight is 282 g/mol. The third-order valence-electron chi connectivity index (χ3n) is 3.66. The molecule has 4 nitrogen and oxygen atoms in total. The van der Waals surface area contributed by atoms with Crippen LogP contribution >= 0.6 is 11.5 Å². The molecule has 0 bridgehead atoms. The summed E-state index contributed by atoms with van der Waals surface area (Å²) in [7, 11) is 0. The largest absolute Gasteiger partial charge is 0.505 e. The maximum absolute atomic E-state index is 12.1. The number of nitrogens with zero attached hydrogens (tertiary/aromatic N) is 1. The third-order valence-corrected chi connectivity index (χ3v) is 4.27. The minimum atomic E-state index is -0.266. The summed E-state index contributed by atoms with van der Waals surface area (Å²) < 4.78 is 3.93. The normalized spacial score (nSPS) is 22.1. The summed E-state index contributed by atoms with van der Waals surface area (Å²) in [5.41, 5.74) is 0.597. The van der Waals surface area contributed by atoms with Crippen LogP contribution in [0.1, 0.15) is 57.4 Å². The van der Waals surface area contributed by atoms with Gasteiger partial charge in [-0.25, -0.2) is 0 Å². The van der Waals surface area contributed by atoms with Crippen molar-refractivity contribution in [2.45, 2.75) is 53.0 Å². The van der Waals surface area contributed by atoms with Gasteiger partial charge in [0.05, 0.1) is 5.38 Å². The lowest BCUT2D eigenvalue weighted by Gasteiger charge is -2.45. The zero-order chi connectivity index (χ0) is 14.3. The van der Waals surface area contributed by atoms with Crippen LogP contribution in [0.4, 0.5) is 0 Å². The first-order valence-corrected chi connectivity index (χ1v) is 7.46. The Morgan fingerprint density at radius 3 is 2.42 bits per heavy atom. The molecule has 2 rings (SSSR count). The van der Waals surface area contributed by atoms with Crippen molar-refractivity contribution < 1.29 is 9.90 Å². The molecule has 0 saturated heterocycles. The van der Waals surface area contributed by atoms with Gasteiger partial charge in [-0.1, -0.05) is 27.7 Å². The second-order valence-corrected chi connectivity index (χ2v) is 7.76. The van der Waals surface area contributed by atoms with Crippen molar-refractivity contribution in [3.8, 4) is 5.75 Å². The molecular formula is C14H22N2O2S. The van der Waals surface area contributed by atoms with Crippen LogP contribution in [0.15, 0.2) is 5.38 Å². The summed E-state index contributed by atoms with van der Waals surface area (Å²) in [6.45, 7) is 8.97. The molecule has 1 aromatic rings. The molecule has 0 atom stereocenters.